The number of para-hydroxylation sites is 2. The third-order valence-electron chi connectivity index (χ3n) is 5.83. The minimum absolute atomic E-state index is 0.0492. The molecule has 3 aromatic rings. The number of benzene rings is 3. The molecule has 9 heteroatoms. The lowest BCUT2D eigenvalue weighted by Gasteiger charge is -2.19. The maximum absolute atomic E-state index is 13.1. The van der Waals surface area contributed by atoms with Gasteiger partial charge in [-0.1, -0.05) is 54.7 Å². The minimum Gasteiger partial charge on any atom is -0.491 e. The van der Waals surface area contributed by atoms with E-state index < -0.39 is 12.2 Å². The smallest absolute Gasteiger partial charge is 0.491 e. The molecule has 0 radical (unpaired) electrons. The number of carbonyl (C=O) groups excluding carboxylic acids is 2. The topological polar surface area (TPSA) is 83.5 Å². The van der Waals surface area contributed by atoms with Crippen molar-refractivity contribution in [2.24, 2.45) is 0 Å². The van der Waals surface area contributed by atoms with E-state index in [-0.39, 0.29) is 36.7 Å². The van der Waals surface area contributed by atoms with Crippen LogP contribution >= 0.6 is 0 Å². The van der Waals surface area contributed by atoms with Gasteiger partial charge in [0.1, 0.15) is 35.8 Å². The second-order valence-electron chi connectivity index (χ2n) is 8.91. The van der Waals surface area contributed by atoms with Gasteiger partial charge in [-0.3, -0.25) is 4.84 Å². The molecule has 0 N–H and O–H groups in total. The fourth-order valence-electron chi connectivity index (χ4n) is 3.87. The normalized spacial score (nSPS) is 16.4. The van der Waals surface area contributed by atoms with Crippen LogP contribution in [0.2, 0.25) is 0 Å². The highest BCUT2D eigenvalue weighted by atomic mass is 19.1. The molecule has 0 spiro atoms. The molecule has 3 aromatic carbocycles. The van der Waals surface area contributed by atoms with E-state index in [0.29, 0.717) is 18.1 Å². The predicted octanol–water partition coefficient (Wildman–Crippen LogP) is 6.56. The molecule has 0 bridgehead atoms. The van der Waals surface area contributed by atoms with E-state index in [1.807, 2.05) is 0 Å². The predicted molar refractivity (Wildman–Crippen MR) is 144 cm³/mol. The van der Waals surface area contributed by atoms with Crippen molar-refractivity contribution in [1.82, 2.24) is 5.06 Å². The summed E-state index contributed by atoms with van der Waals surface area (Å²) in [6, 6.07) is 22.6. The Morgan fingerprint density at radius 2 is 1.50 bits per heavy atom. The SMILES string of the molecule is O=C(Oc1ccccc1)ON(CCC#CC1CCCCC(COc2ccc(F)cc2)O1)C(=O)Oc1ccccc1. The van der Waals surface area contributed by atoms with Crippen LogP contribution in [0, 0.1) is 17.7 Å². The summed E-state index contributed by atoms with van der Waals surface area (Å²) < 4.78 is 35.5. The Morgan fingerprint density at radius 3 is 2.20 bits per heavy atom. The lowest BCUT2D eigenvalue weighted by atomic mass is 10.1. The monoisotopic (exact) mass is 547 g/mol. The molecule has 8 nitrogen and oxygen atoms in total. The van der Waals surface area contributed by atoms with Gasteiger partial charge in [0.15, 0.2) is 0 Å². The number of halogens is 1. The number of ether oxygens (including phenoxy) is 4. The van der Waals surface area contributed by atoms with Gasteiger partial charge in [0.25, 0.3) is 0 Å². The Hall–Kier alpha value is -4.55. The molecule has 1 aliphatic rings. The summed E-state index contributed by atoms with van der Waals surface area (Å²) >= 11 is 0. The zero-order valence-electron chi connectivity index (χ0n) is 21.9. The van der Waals surface area contributed by atoms with Gasteiger partial charge in [0.05, 0.1) is 12.6 Å². The van der Waals surface area contributed by atoms with Gasteiger partial charge in [-0.2, -0.15) is 0 Å². The molecule has 0 saturated carbocycles. The molecular weight excluding hydrogens is 517 g/mol. The van der Waals surface area contributed by atoms with Crippen LogP contribution in [0.3, 0.4) is 0 Å². The lowest BCUT2D eigenvalue weighted by Crippen LogP contribution is -2.37. The maximum Gasteiger partial charge on any atom is 0.539 e. The second-order valence-corrected chi connectivity index (χ2v) is 8.91. The number of hydrogen-bond donors (Lipinski definition) is 0. The van der Waals surface area contributed by atoms with Crippen molar-refractivity contribution < 1.29 is 37.8 Å². The van der Waals surface area contributed by atoms with Crippen molar-refractivity contribution in [3.05, 3.63) is 90.7 Å². The number of rotatable bonds is 7. The first-order chi connectivity index (χ1) is 19.5. The quantitative estimate of drug-likeness (QED) is 0.143. The van der Waals surface area contributed by atoms with Gasteiger partial charge in [-0.15, -0.1) is 5.06 Å². The van der Waals surface area contributed by atoms with Crippen molar-refractivity contribution >= 4 is 12.2 Å². The zero-order chi connectivity index (χ0) is 28.0. The Labute approximate surface area is 232 Å². The molecule has 2 unspecified atom stereocenters. The highest BCUT2D eigenvalue weighted by Crippen LogP contribution is 2.20. The molecule has 1 aliphatic heterocycles. The van der Waals surface area contributed by atoms with Gasteiger partial charge in [0.2, 0.25) is 0 Å². The summed E-state index contributed by atoms with van der Waals surface area (Å²) in [6.45, 7) is 0.284. The van der Waals surface area contributed by atoms with Crippen LogP contribution in [-0.4, -0.2) is 42.7 Å². The molecule has 4 rings (SSSR count). The van der Waals surface area contributed by atoms with Gasteiger partial charge in [0, 0.05) is 6.42 Å². The number of amides is 1. The van der Waals surface area contributed by atoms with Crippen LogP contribution in [0.4, 0.5) is 14.0 Å². The first-order valence-corrected chi connectivity index (χ1v) is 13.1. The van der Waals surface area contributed by atoms with Gasteiger partial charge in [-0.05, 0) is 67.8 Å². The second kappa shape index (κ2) is 15.1. The number of hydrogen-bond acceptors (Lipinski definition) is 7. The Balaban J connectivity index is 1.32. The third-order valence-corrected chi connectivity index (χ3v) is 5.83. The number of hydroxylamine groups is 2. The van der Waals surface area contributed by atoms with Crippen LogP contribution in [0.25, 0.3) is 0 Å². The molecule has 2 atom stereocenters. The first kappa shape index (κ1) is 28.5. The summed E-state index contributed by atoms with van der Waals surface area (Å²) in [4.78, 5) is 30.2. The molecular formula is C31H30FNO7. The average Bonchev–Trinajstić information content (AvgIpc) is 3.20. The number of nitrogens with zero attached hydrogens (tertiary/aromatic N) is 1. The van der Waals surface area contributed by atoms with E-state index in [2.05, 4.69) is 11.8 Å². The first-order valence-electron chi connectivity index (χ1n) is 13.1. The lowest BCUT2D eigenvalue weighted by molar-refractivity contribution is -0.0880. The van der Waals surface area contributed by atoms with Crippen LogP contribution in [-0.2, 0) is 9.57 Å². The standard InChI is InChI=1S/C31H30FNO7/c32-24-18-20-25(21-19-24)36-23-29-17-8-7-15-26(37-29)16-9-10-22-33(30(34)38-27-11-3-1-4-12-27)40-31(35)39-28-13-5-2-6-14-28/h1-6,11-14,18-21,26,29H,7-8,10,15,17,22-23H2. The third kappa shape index (κ3) is 9.64. The van der Waals surface area contributed by atoms with Gasteiger partial charge < -0.3 is 18.9 Å². The summed E-state index contributed by atoms with van der Waals surface area (Å²) in [7, 11) is 0. The van der Waals surface area contributed by atoms with E-state index in [4.69, 9.17) is 23.8 Å². The molecule has 208 valence electrons. The number of carbonyl (C=O) groups is 2. The van der Waals surface area contributed by atoms with E-state index in [0.717, 1.165) is 30.7 Å². The van der Waals surface area contributed by atoms with Crippen LogP contribution in [0.15, 0.2) is 84.9 Å². The van der Waals surface area contributed by atoms with Crippen molar-refractivity contribution in [3.63, 3.8) is 0 Å². The summed E-state index contributed by atoms with van der Waals surface area (Å²) in [6.07, 6.45) is 1.29. The summed E-state index contributed by atoms with van der Waals surface area (Å²) in [5.74, 6) is 6.94. The Bertz CT molecular complexity index is 1280. The van der Waals surface area contributed by atoms with Crippen LogP contribution in [0.5, 0.6) is 17.2 Å². The molecule has 1 amide bonds. The molecule has 0 aliphatic carbocycles. The maximum atomic E-state index is 13.1. The Kier molecular flexibility index (Phi) is 10.8. The van der Waals surface area contributed by atoms with Crippen molar-refractivity contribution in [2.75, 3.05) is 13.2 Å². The van der Waals surface area contributed by atoms with Crippen molar-refractivity contribution in [2.45, 2.75) is 44.3 Å². The Morgan fingerprint density at radius 1 is 0.850 bits per heavy atom. The molecule has 0 aromatic heterocycles. The average molecular weight is 548 g/mol. The van der Waals surface area contributed by atoms with Gasteiger partial charge >= 0.3 is 12.2 Å². The zero-order valence-corrected chi connectivity index (χ0v) is 21.9. The van der Waals surface area contributed by atoms with E-state index in [1.54, 1.807) is 72.8 Å². The van der Waals surface area contributed by atoms with Crippen LogP contribution < -0.4 is 14.2 Å². The fraction of sp³-hybridized carbons (Fsp3) is 0.290. The molecule has 1 fully saturated rings. The minimum atomic E-state index is -1.08. The molecule has 1 heterocycles. The largest absolute Gasteiger partial charge is 0.539 e. The summed E-state index contributed by atoms with van der Waals surface area (Å²) in [5, 5.41) is 0.778. The highest BCUT2D eigenvalue weighted by molar-refractivity contribution is 5.72. The molecule has 1 saturated heterocycles. The van der Waals surface area contributed by atoms with Crippen molar-refractivity contribution in [3.8, 4) is 29.1 Å². The van der Waals surface area contributed by atoms with E-state index >= 15 is 0 Å². The van der Waals surface area contributed by atoms with Crippen molar-refractivity contribution in [1.29, 1.82) is 0 Å². The fourth-order valence-corrected chi connectivity index (χ4v) is 3.87. The van der Waals surface area contributed by atoms with E-state index in [1.165, 1.54) is 12.1 Å². The highest BCUT2D eigenvalue weighted by Gasteiger charge is 2.23. The summed E-state index contributed by atoms with van der Waals surface area (Å²) in [5.41, 5.74) is 0. The van der Waals surface area contributed by atoms with E-state index in [9.17, 15) is 14.0 Å². The van der Waals surface area contributed by atoms with Gasteiger partial charge in [-0.25, -0.2) is 14.0 Å². The van der Waals surface area contributed by atoms with Crippen LogP contribution in [0.1, 0.15) is 32.1 Å². The molecule has 40 heavy (non-hydrogen) atoms.